The van der Waals surface area contributed by atoms with Crippen molar-refractivity contribution in [3.63, 3.8) is 0 Å². The third kappa shape index (κ3) is 3.23. The molecule has 2 aromatic heterocycles. The van der Waals surface area contributed by atoms with Crippen LogP contribution < -0.4 is 4.74 Å². The minimum absolute atomic E-state index is 0.235. The predicted molar refractivity (Wildman–Crippen MR) is 75.7 cm³/mol. The lowest BCUT2D eigenvalue weighted by Gasteiger charge is -2.19. The van der Waals surface area contributed by atoms with Crippen LogP contribution in [0.1, 0.15) is 26.3 Å². The lowest BCUT2D eigenvalue weighted by Crippen LogP contribution is -2.24. The molecule has 0 saturated carbocycles. The van der Waals surface area contributed by atoms with Gasteiger partial charge in [0.25, 0.3) is 0 Å². The largest absolute Gasteiger partial charge is 0.481 e. The lowest BCUT2D eigenvalue weighted by atomic mass is 10.1. The number of carbonyl (C=O) groups is 1. The van der Waals surface area contributed by atoms with Gasteiger partial charge in [0, 0.05) is 10.9 Å². The first-order valence-corrected chi connectivity index (χ1v) is 6.89. The summed E-state index contributed by atoms with van der Waals surface area (Å²) in [6.45, 7) is 5.58. The van der Waals surface area contributed by atoms with Crippen molar-refractivity contribution in [2.24, 2.45) is 0 Å². The van der Waals surface area contributed by atoms with E-state index in [0.29, 0.717) is 5.88 Å². The minimum Gasteiger partial charge on any atom is -0.481 e. The van der Waals surface area contributed by atoms with Crippen molar-refractivity contribution in [1.29, 1.82) is 0 Å². The Morgan fingerprint density at radius 2 is 2.16 bits per heavy atom. The summed E-state index contributed by atoms with van der Waals surface area (Å²) in [6, 6.07) is 1.92. The number of fused-ring (bicyclic) bond motifs is 1. The monoisotopic (exact) mass is 279 g/mol. The Morgan fingerprint density at radius 3 is 2.79 bits per heavy atom. The molecule has 2 aromatic rings. The van der Waals surface area contributed by atoms with E-state index in [1.807, 2.05) is 32.2 Å². The van der Waals surface area contributed by atoms with Crippen LogP contribution in [0.2, 0.25) is 0 Å². The summed E-state index contributed by atoms with van der Waals surface area (Å²) in [5.41, 5.74) is 0.435. The van der Waals surface area contributed by atoms with E-state index in [4.69, 9.17) is 9.47 Å². The van der Waals surface area contributed by atoms with Gasteiger partial charge in [0.15, 0.2) is 0 Å². The second kappa shape index (κ2) is 5.17. The summed E-state index contributed by atoms with van der Waals surface area (Å²) >= 11 is 1.58. The summed E-state index contributed by atoms with van der Waals surface area (Å²) in [7, 11) is 1.58. The maximum atomic E-state index is 11.9. The van der Waals surface area contributed by atoms with Crippen molar-refractivity contribution >= 4 is 27.4 Å². The van der Waals surface area contributed by atoms with Gasteiger partial charge in [-0.2, -0.15) is 0 Å². The average molecular weight is 279 g/mol. The highest BCUT2D eigenvalue weighted by atomic mass is 32.1. The summed E-state index contributed by atoms with van der Waals surface area (Å²) in [4.78, 5) is 16.1. The van der Waals surface area contributed by atoms with E-state index in [1.54, 1.807) is 24.6 Å². The Kier molecular flexibility index (Phi) is 3.75. The van der Waals surface area contributed by atoms with Crippen molar-refractivity contribution in [3.8, 4) is 5.88 Å². The smallest absolute Gasteiger partial charge is 0.310 e. The van der Waals surface area contributed by atoms with E-state index < -0.39 is 5.60 Å². The third-order valence-corrected chi connectivity index (χ3v) is 3.47. The van der Waals surface area contributed by atoms with Gasteiger partial charge in [-0.3, -0.25) is 4.79 Å². The maximum Gasteiger partial charge on any atom is 0.310 e. The van der Waals surface area contributed by atoms with Crippen molar-refractivity contribution < 1.29 is 14.3 Å². The zero-order valence-electron chi connectivity index (χ0n) is 11.5. The highest BCUT2D eigenvalue weighted by Gasteiger charge is 2.19. The molecule has 5 heteroatoms. The van der Waals surface area contributed by atoms with Gasteiger partial charge in [0.05, 0.1) is 18.9 Å². The van der Waals surface area contributed by atoms with Crippen LogP contribution in [-0.2, 0) is 16.0 Å². The Bertz CT molecular complexity index is 598. The Balaban J connectivity index is 2.29. The number of aromatic nitrogens is 1. The number of hydrogen-bond acceptors (Lipinski definition) is 5. The van der Waals surface area contributed by atoms with Crippen LogP contribution in [0.4, 0.5) is 0 Å². The molecular formula is C14H17NO3S. The number of carbonyl (C=O) groups excluding carboxylic acids is 1. The zero-order chi connectivity index (χ0) is 14.0. The average Bonchev–Trinajstić information content (AvgIpc) is 2.70. The molecule has 0 aliphatic carbocycles. The van der Waals surface area contributed by atoms with E-state index in [1.165, 1.54) is 0 Å². The highest BCUT2D eigenvalue weighted by Crippen LogP contribution is 2.32. The van der Waals surface area contributed by atoms with Gasteiger partial charge < -0.3 is 9.47 Å². The fourth-order valence-electron chi connectivity index (χ4n) is 1.83. The molecule has 4 nitrogen and oxygen atoms in total. The van der Waals surface area contributed by atoms with Crippen LogP contribution in [0.25, 0.3) is 10.1 Å². The molecule has 0 aliphatic heterocycles. The van der Waals surface area contributed by atoms with Gasteiger partial charge >= 0.3 is 5.97 Å². The molecule has 0 bridgehead atoms. The number of hydrogen-bond donors (Lipinski definition) is 0. The van der Waals surface area contributed by atoms with Crippen LogP contribution in [0.15, 0.2) is 17.6 Å². The van der Waals surface area contributed by atoms with Gasteiger partial charge in [0.2, 0.25) is 5.88 Å². The molecule has 102 valence electrons. The molecule has 2 rings (SSSR count). The molecule has 0 aromatic carbocycles. The minimum atomic E-state index is -0.467. The van der Waals surface area contributed by atoms with E-state index in [2.05, 4.69) is 4.98 Å². The van der Waals surface area contributed by atoms with Gasteiger partial charge in [-0.15, -0.1) is 11.3 Å². The Hall–Kier alpha value is -1.62. The number of methoxy groups -OCH3 is 1. The number of thiophene rings is 1. The van der Waals surface area contributed by atoms with E-state index >= 15 is 0 Å². The van der Waals surface area contributed by atoms with E-state index in [-0.39, 0.29) is 12.4 Å². The van der Waals surface area contributed by atoms with Crippen LogP contribution in [0, 0.1) is 0 Å². The molecule has 2 heterocycles. The topological polar surface area (TPSA) is 48.4 Å². The summed E-state index contributed by atoms with van der Waals surface area (Å²) in [6.07, 6.45) is 1.94. The molecule has 0 aliphatic rings. The molecular weight excluding hydrogens is 262 g/mol. The van der Waals surface area contributed by atoms with Gasteiger partial charge in [-0.1, -0.05) is 0 Å². The SMILES string of the molecule is COc1nccc2scc(CC(=O)OC(C)(C)C)c12. The second-order valence-corrected chi connectivity index (χ2v) is 6.13. The molecule has 19 heavy (non-hydrogen) atoms. The first-order chi connectivity index (χ1) is 8.90. The number of nitrogens with zero attached hydrogens (tertiary/aromatic N) is 1. The molecule has 0 saturated heterocycles. The van der Waals surface area contributed by atoms with E-state index in [0.717, 1.165) is 15.6 Å². The molecule has 0 unspecified atom stereocenters. The quantitative estimate of drug-likeness (QED) is 0.810. The maximum absolute atomic E-state index is 11.9. The van der Waals surface area contributed by atoms with Gasteiger partial charge in [0.1, 0.15) is 5.60 Å². The first kappa shape index (κ1) is 13.8. The second-order valence-electron chi connectivity index (χ2n) is 5.22. The van der Waals surface area contributed by atoms with E-state index in [9.17, 15) is 4.79 Å². The van der Waals surface area contributed by atoms with Crippen LogP contribution in [0.5, 0.6) is 5.88 Å². The Morgan fingerprint density at radius 1 is 1.42 bits per heavy atom. The van der Waals surface area contributed by atoms with Crippen molar-refractivity contribution in [2.45, 2.75) is 32.8 Å². The standard InChI is InChI=1S/C14H17NO3S/c1-14(2,3)18-11(16)7-9-8-19-10-5-6-15-13(17-4)12(9)10/h5-6,8H,7H2,1-4H3. The fraction of sp³-hybridized carbons (Fsp3) is 0.429. The number of rotatable bonds is 3. The van der Waals surface area contributed by atoms with Crippen LogP contribution >= 0.6 is 11.3 Å². The number of ether oxygens (including phenoxy) is 2. The van der Waals surface area contributed by atoms with Crippen molar-refractivity contribution in [3.05, 3.63) is 23.2 Å². The highest BCUT2D eigenvalue weighted by molar-refractivity contribution is 7.17. The van der Waals surface area contributed by atoms with Gasteiger partial charge in [-0.05, 0) is 37.8 Å². The summed E-state index contributed by atoms with van der Waals surface area (Å²) in [5, 5.41) is 2.86. The normalized spacial score (nSPS) is 11.6. The molecule has 0 radical (unpaired) electrons. The first-order valence-electron chi connectivity index (χ1n) is 6.01. The zero-order valence-corrected chi connectivity index (χ0v) is 12.3. The molecule has 0 fully saturated rings. The van der Waals surface area contributed by atoms with Crippen LogP contribution in [0.3, 0.4) is 0 Å². The summed E-state index contributed by atoms with van der Waals surface area (Å²) < 4.78 is 11.7. The van der Waals surface area contributed by atoms with Crippen LogP contribution in [-0.4, -0.2) is 23.7 Å². The lowest BCUT2D eigenvalue weighted by molar-refractivity contribution is -0.153. The summed E-state index contributed by atoms with van der Waals surface area (Å²) in [5.74, 6) is 0.315. The molecule has 0 atom stereocenters. The third-order valence-electron chi connectivity index (χ3n) is 2.48. The van der Waals surface area contributed by atoms with Gasteiger partial charge in [-0.25, -0.2) is 4.98 Å². The predicted octanol–water partition coefficient (Wildman–Crippen LogP) is 3.19. The Labute approximate surface area is 116 Å². The van der Waals surface area contributed by atoms with Crippen molar-refractivity contribution in [2.75, 3.05) is 7.11 Å². The number of pyridine rings is 1. The molecule has 0 N–H and O–H groups in total. The fourth-order valence-corrected chi connectivity index (χ4v) is 2.78. The molecule has 0 spiro atoms. The molecule has 0 amide bonds. The number of esters is 1. The van der Waals surface area contributed by atoms with Crippen molar-refractivity contribution in [1.82, 2.24) is 4.98 Å².